The molecule has 0 unspecified atom stereocenters. The Hall–Kier alpha value is -2.64. The third kappa shape index (κ3) is 4.26. The quantitative estimate of drug-likeness (QED) is 0.399. The molecule has 1 amide bonds. The Morgan fingerprint density at radius 2 is 2.05 bits per heavy atom. The lowest BCUT2D eigenvalue weighted by Crippen LogP contribution is -2.26. The van der Waals surface area contributed by atoms with Crippen molar-refractivity contribution in [3.05, 3.63) is 33.9 Å². The van der Waals surface area contributed by atoms with E-state index in [9.17, 15) is 19.7 Å². The van der Waals surface area contributed by atoms with Gasteiger partial charge in [0.1, 0.15) is 5.56 Å². The fourth-order valence-electron chi connectivity index (χ4n) is 1.42. The first kappa shape index (κ1) is 14.4. The molecule has 0 radical (unpaired) electrons. The van der Waals surface area contributed by atoms with Crippen molar-refractivity contribution < 1.29 is 19.6 Å². The third-order valence-corrected chi connectivity index (χ3v) is 2.25. The minimum absolute atomic E-state index is 0.170. The van der Waals surface area contributed by atoms with Gasteiger partial charge in [0.2, 0.25) is 5.91 Å². The van der Waals surface area contributed by atoms with Gasteiger partial charge in [-0.05, 0) is 12.1 Å². The van der Waals surface area contributed by atoms with Crippen LogP contribution in [0.5, 0.6) is 0 Å². The van der Waals surface area contributed by atoms with Crippen LogP contribution in [-0.2, 0) is 4.79 Å². The molecule has 0 spiro atoms. The largest absolute Gasteiger partial charge is 0.477 e. The average molecular weight is 267 g/mol. The number of aromatic carboxylic acids is 1. The summed E-state index contributed by atoms with van der Waals surface area (Å²) in [5.74, 6) is -1.53. The first-order valence-electron chi connectivity index (χ1n) is 5.42. The highest BCUT2D eigenvalue weighted by molar-refractivity contribution is 5.93. The van der Waals surface area contributed by atoms with Gasteiger partial charge in [-0.1, -0.05) is 0 Å². The van der Waals surface area contributed by atoms with E-state index in [1.807, 2.05) is 0 Å². The molecule has 8 heteroatoms. The van der Waals surface area contributed by atoms with E-state index in [4.69, 9.17) is 5.11 Å². The topological polar surface area (TPSA) is 122 Å². The average Bonchev–Trinajstić information content (AvgIpc) is 2.33. The second-order valence-corrected chi connectivity index (χ2v) is 3.70. The van der Waals surface area contributed by atoms with Gasteiger partial charge < -0.3 is 15.7 Å². The fraction of sp³-hybridized carbons (Fsp3) is 0.273. The van der Waals surface area contributed by atoms with Gasteiger partial charge in [-0.25, -0.2) is 4.79 Å². The Kier molecular flexibility index (Phi) is 4.81. The lowest BCUT2D eigenvalue weighted by Gasteiger charge is -2.07. The third-order valence-electron chi connectivity index (χ3n) is 2.25. The number of carboxylic acids is 1. The predicted octanol–water partition coefficient (Wildman–Crippen LogP) is 0.841. The zero-order valence-electron chi connectivity index (χ0n) is 10.2. The molecule has 3 N–H and O–H groups in total. The van der Waals surface area contributed by atoms with E-state index in [0.717, 1.165) is 6.07 Å². The van der Waals surface area contributed by atoms with Gasteiger partial charge in [0.25, 0.3) is 5.69 Å². The molecule has 8 nitrogen and oxygen atoms in total. The zero-order valence-corrected chi connectivity index (χ0v) is 10.2. The number of anilines is 1. The smallest absolute Gasteiger partial charge is 0.342 e. The molecule has 0 aromatic heterocycles. The van der Waals surface area contributed by atoms with Crippen LogP contribution >= 0.6 is 0 Å². The summed E-state index contributed by atoms with van der Waals surface area (Å²) in [6, 6.07) is 3.73. The van der Waals surface area contributed by atoms with Crippen LogP contribution in [0.3, 0.4) is 0 Å². The summed E-state index contributed by atoms with van der Waals surface area (Å²) in [4.78, 5) is 31.4. The summed E-state index contributed by atoms with van der Waals surface area (Å²) in [7, 11) is 0. The first-order chi connectivity index (χ1) is 8.91. The van der Waals surface area contributed by atoms with E-state index in [0.29, 0.717) is 18.8 Å². The molecular formula is C11H13N3O5. The lowest BCUT2D eigenvalue weighted by molar-refractivity contribution is -0.385. The van der Waals surface area contributed by atoms with Crippen LogP contribution in [0.4, 0.5) is 11.4 Å². The van der Waals surface area contributed by atoms with Crippen LogP contribution < -0.4 is 10.6 Å². The number of amides is 1. The number of nitrogens with one attached hydrogen (secondary N) is 2. The van der Waals surface area contributed by atoms with Crippen molar-refractivity contribution in [1.29, 1.82) is 0 Å². The van der Waals surface area contributed by atoms with Crippen LogP contribution in [0.15, 0.2) is 18.2 Å². The van der Waals surface area contributed by atoms with Gasteiger partial charge in [0.05, 0.1) is 4.92 Å². The number of benzene rings is 1. The molecule has 0 aliphatic rings. The maximum absolute atomic E-state index is 10.9. The minimum atomic E-state index is -1.36. The van der Waals surface area contributed by atoms with Crippen molar-refractivity contribution in [2.24, 2.45) is 0 Å². The van der Waals surface area contributed by atoms with E-state index in [1.54, 1.807) is 0 Å². The summed E-state index contributed by atoms with van der Waals surface area (Å²) in [5, 5.41) is 25.0. The fourth-order valence-corrected chi connectivity index (χ4v) is 1.42. The Labute approximate surface area is 108 Å². The molecule has 0 aliphatic heterocycles. The van der Waals surface area contributed by atoms with Gasteiger partial charge in [-0.3, -0.25) is 14.9 Å². The molecular weight excluding hydrogens is 254 g/mol. The number of carbonyl (C=O) groups is 2. The van der Waals surface area contributed by atoms with Gasteiger partial charge >= 0.3 is 5.97 Å². The monoisotopic (exact) mass is 267 g/mol. The number of rotatable bonds is 6. The number of nitro groups is 1. The predicted molar refractivity (Wildman–Crippen MR) is 67.2 cm³/mol. The normalized spacial score (nSPS) is 9.74. The molecule has 0 heterocycles. The highest BCUT2D eigenvalue weighted by Gasteiger charge is 2.19. The van der Waals surface area contributed by atoms with Crippen LogP contribution in [-0.4, -0.2) is 35.0 Å². The zero-order chi connectivity index (χ0) is 14.4. The molecule has 1 rings (SSSR count). The van der Waals surface area contributed by atoms with Gasteiger partial charge in [0, 0.05) is 31.8 Å². The highest BCUT2D eigenvalue weighted by Crippen LogP contribution is 2.22. The molecule has 0 saturated heterocycles. The van der Waals surface area contributed by atoms with Crippen LogP contribution in [0.1, 0.15) is 17.3 Å². The van der Waals surface area contributed by atoms with E-state index in [-0.39, 0.29) is 11.5 Å². The Balaban J connectivity index is 2.76. The Morgan fingerprint density at radius 1 is 1.37 bits per heavy atom. The van der Waals surface area contributed by atoms with Crippen molar-refractivity contribution in [2.75, 3.05) is 18.4 Å². The summed E-state index contributed by atoms with van der Waals surface area (Å²) in [6.07, 6.45) is 0. The maximum Gasteiger partial charge on any atom is 0.342 e. The number of carbonyl (C=O) groups excluding carboxylic acids is 1. The molecule has 102 valence electrons. The molecule has 0 aliphatic carbocycles. The molecule has 19 heavy (non-hydrogen) atoms. The SMILES string of the molecule is CC(=O)NCCNc1ccc([N+](=O)[O-])c(C(=O)O)c1. The summed E-state index contributed by atoms with van der Waals surface area (Å²) in [6.45, 7) is 2.14. The summed E-state index contributed by atoms with van der Waals surface area (Å²) in [5.41, 5.74) is -0.400. The number of nitro benzene ring substituents is 1. The first-order valence-corrected chi connectivity index (χ1v) is 5.42. The van der Waals surface area contributed by atoms with Crippen LogP contribution in [0.2, 0.25) is 0 Å². The van der Waals surface area contributed by atoms with Gasteiger partial charge in [-0.15, -0.1) is 0 Å². The van der Waals surface area contributed by atoms with Crippen LogP contribution in [0.25, 0.3) is 0 Å². The van der Waals surface area contributed by atoms with E-state index < -0.39 is 16.6 Å². The second-order valence-electron chi connectivity index (χ2n) is 3.70. The van der Waals surface area contributed by atoms with Gasteiger partial charge in [0.15, 0.2) is 0 Å². The number of nitrogens with zero attached hydrogens (tertiary/aromatic N) is 1. The van der Waals surface area contributed by atoms with Crippen LogP contribution in [0, 0.1) is 10.1 Å². The van der Waals surface area contributed by atoms with Gasteiger partial charge in [-0.2, -0.15) is 0 Å². The van der Waals surface area contributed by atoms with Crippen molar-refractivity contribution in [1.82, 2.24) is 5.32 Å². The van der Waals surface area contributed by atoms with Crippen molar-refractivity contribution in [3.63, 3.8) is 0 Å². The number of hydrogen-bond acceptors (Lipinski definition) is 5. The number of carboxylic acid groups (broad SMARTS) is 1. The lowest BCUT2D eigenvalue weighted by atomic mass is 10.1. The molecule has 0 bridgehead atoms. The minimum Gasteiger partial charge on any atom is -0.477 e. The summed E-state index contributed by atoms with van der Waals surface area (Å²) < 4.78 is 0. The molecule has 0 saturated carbocycles. The Morgan fingerprint density at radius 3 is 2.58 bits per heavy atom. The van der Waals surface area contributed by atoms with E-state index in [2.05, 4.69) is 10.6 Å². The van der Waals surface area contributed by atoms with Crippen molar-refractivity contribution in [3.8, 4) is 0 Å². The molecule has 1 aromatic carbocycles. The molecule has 0 fully saturated rings. The number of hydrogen-bond donors (Lipinski definition) is 3. The van der Waals surface area contributed by atoms with E-state index >= 15 is 0 Å². The molecule has 1 aromatic rings. The van der Waals surface area contributed by atoms with Crippen molar-refractivity contribution >= 4 is 23.3 Å². The summed E-state index contributed by atoms with van der Waals surface area (Å²) >= 11 is 0. The maximum atomic E-state index is 10.9. The van der Waals surface area contributed by atoms with E-state index in [1.165, 1.54) is 19.1 Å². The highest BCUT2D eigenvalue weighted by atomic mass is 16.6. The standard InChI is InChI=1S/C11H13N3O5/c1-7(15)12-4-5-13-8-2-3-10(14(18)19)9(6-8)11(16)17/h2-3,6,13H,4-5H2,1H3,(H,12,15)(H,16,17). The molecule has 0 atom stereocenters. The second kappa shape index (κ2) is 6.34. The van der Waals surface area contributed by atoms with Crippen molar-refractivity contribution in [2.45, 2.75) is 6.92 Å². The Bertz CT molecular complexity index is 515.